The van der Waals surface area contributed by atoms with Gasteiger partial charge in [0.05, 0.1) is 26.7 Å². The Kier molecular flexibility index (Phi) is 4.30. The molecule has 0 heterocycles. The maximum absolute atomic E-state index is 11.6. The molecule has 1 rings (SSSR count). The first-order chi connectivity index (χ1) is 5.52. The Morgan fingerprint density at radius 3 is 1.92 bits per heavy atom. The molecule has 0 radical (unpaired) electrons. The molecule has 0 unspecified atom stereocenters. The van der Waals surface area contributed by atoms with Crippen LogP contribution in [0, 0.1) is 0 Å². The number of hydrogen-bond acceptors (Lipinski definition) is 1. The first-order valence-electron chi connectivity index (χ1n) is 3.93. The highest BCUT2D eigenvalue weighted by Gasteiger charge is 2.21. The molecule has 0 bridgehead atoms. The average Bonchev–Trinajstić information content (AvgIpc) is 2.03. The lowest BCUT2D eigenvalue weighted by molar-refractivity contribution is -0.785. The second kappa shape index (κ2) is 4.53. The van der Waals surface area contributed by atoms with Gasteiger partial charge in [-0.3, -0.25) is 4.48 Å². The van der Waals surface area contributed by atoms with E-state index in [1.54, 1.807) is 0 Å². The minimum absolute atomic E-state index is 0. The van der Waals surface area contributed by atoms with E-state index in [-0.39, 0.29) is 22.9 Å². The van der Waals surface area contributed by atoms with Crippen LogP contribution in [0.15, 0.2) is 30.3 Å². The van der Waals surface area contributed by atoms with E-state index in [2.05, 4.69) is 0 Å². The van der Waals surface area contributed by atoms with Crippen molar-refractivity contribution >= 4 is 5.91 Å². The van der Waals surface area contributed by atoms with Crippen LogP contribution in [-0.4, -0.2) is 31.5 Å². The Balaban J connectivity index is 0.00000144. The fourth-order valence-corrected chi connectivity index (χ4v) is 0.968. The highest BCUT2D eigenvalue weighted by molar-refractivity contribution is 5.88. The van der Waals surface area contributed by atoms with Gasteiger partial charge in [-0.1, -0.05) is 18.2 Å². The number of quaternary nitrogens is 1. The van der Waals surface area contributed by atoms with Crippen LogP contribution in [-0.2, 0) is 0 Å². The lowest BCUT2D eigenvalue weighted by Crippen LogP contribution is -3.00. The van der Waals surface area contributed by atoms with Crippen molar-refractivity contribution in [3.8, 4) is 0 Å². The van der Waals surface area contributed by atoms with E-state index in [0.29, 0.717) is 4.48 Å². The Bertz CT molecular complexity index is 277. The molecular weight excluding hydrogens is 230 g/mol. The van der Waals surface area contributed by atoms with E-state index in [9.17, 15) is 4.79 Å². The molecule has 0 aromatic heterocycles. The second-order valence-corrected chi connectivity index (χ2v) is 3.68. The minimum atomic E-state index is 0. The van der Waals surface area contributed by atoms with E-state index < -0.39 is 0 Å². The molecule has 0 saturated carbocycles. The number of carbonyl (C=O) groups excluding carboxylic acids is 1. The number of hydrogen-bond donors (Lipinski definition) is 0. The van der Waals surface area contributed by atoms with Crippen LogP contribution in [0.4, 0.5) is 0 Å². The van der Waals surface area contributed by atoms with Crippen molar-refractivity contribution in [3.63, 3.8) is 0 Å². The summed E-state index contributed by atoms with van der Waals surface area (Å²) in [5.74, 6) is 0.135. The first-order valence-corrected chi connectivity index (χ1v) is 3.93. The third-order valence-corrected chi connectivity index (χ3v) is 1.63. The van der Waals surface area contributed by atoms with E-state index in [1.165, 1.54) is 0 Å². The summed E-state index contributed by atoms with van der Waals surface area (Å²) in [6.07, 6.45) is 0. The van der Waals surface area contributed by atoms with Crippen molar-refractivity contribution in [1.82, 2.24) is 0 Å². The van der Waals surface area contributed by atoms with Gasteiger partial charge in [-0.15, -0.1) is 0 Å². The smallest absolute Gasteiger partial charge is 0.345 e. The van der Waals surface area contributed by atoms with Crippen LogP contribution in [0.5, 0.6) is 0 Å². The predicted molar refractivity (Wildman–Crippen MR) is 48.8 cm³/mol. The standard InChI is InChI=1S/C10H14NO.BrH/c1-11(2,3)10(12)9-7-5-4-6-8-9;/h4-8H,1-3H3;1H/q+1;/p-1. The van der Waals surface area contributed by atoms with Gasteiger partial charge in [0.2, 0.25) is 0 Å². The highest BCUT2D eigenvalue weighted by atomic mass is 79.9. The summed E-state index contributed by atoms with van der Waals surface area (Å²) in [5, 5.41) is 0. The third kappa shape index (κ3) is 3.28. The van der Waals surface area contributed by atoms with Gasteiger partial charge >= 0.3 is 5.91 Å². The molecule has 0 fully saturated rings. The van der Waals surface area contributed by atoms with Gasteiger partial charge in [0, 0.05) is 0 Å². The highest BCUT2D eigenvalue weighted by Crippen LogP contribution is 2.05. The molecule has 0 atom stereocenters. The average molecular weight is 244 g/mol. The third-order valence-electron chi connectivity index (χ3n) is 1.63. The number of amides is 1. The summed E-state index contributed by atoms with van der Waals surface area (Å²) in [4.78, 5) is 11.6. The molecule has 1 aromatic carbocycles. The van der Waals surface area contributed by atoms with Gasteiger partial charge in [-0.05, 0) is 12.1 Å². The normalized spacial score (nSPS) is 10.4. The summed E-state index contributed by atoms with van der Waals surface area (Å²) >= 11 is 0. The first kappa shape index (κ1) is 12.3. The molecule has 0 aliphatic carbocycles. The maximum atomic E-state index is 11.6. The molecule has 72 valence electrons. The summed E-state index contributed by atoms with van der Waals surface area (Å²) in [6.45, 7) is 0. The number of carbonyl (C=O) groups is 1. The Hall–Kier alpha value is -0.670. The monoisotopic (exact) mass is 243 g/mol. The molecule has 0 spiro atoms. The van der Waals surface area contributed by atoms with E-state index >= 15 is 0 Å². The van der Waals surface area contributed by atoms with Crippen LogP contribution in [0.1, 0.15) is 10.4 Å². The summed E-state index contributed by atoms with van der Waals surface area (Å²) < 4.78 is 0.337. The predicted octanol–water partition coefficient (Wildman–Crippen LogP) is -1.46. The van der Waals surface area contributed by atoms with Gasteiger partial charge in [0.1, 0.15) is 0 Å². The van der Waals surface area contributed by atoms with Crippen LogP contribution in [0.25, 0.3) is 0 Å². The van der Waals surface area contributed by atoms with Crippen molar-refractivity contribution in [3.05, 3.63) is 35.9 Å². The van der Waals surface area contributed by atoms with E-state index in [1.807, 2.05) is 51.5 Å². The molecule has 3 heteroatoms. The zero-order valence-electron chi connectivity index (χ0n) is 8.12. The molecule has 13 heavy (non-hydrogen) atoms. The summed E-state index contributed by atoms with van der Waals surface area (Å²) in [7, 11) is 5.61. The summed E-state index contributed by atoms with van der Waals surface area (Å²) in [5.41, 5.74) is 0.769. The van der Waals surface area contributed by atoms with Crippen molar-refractivity contribution in [2.75, 3.05) is 21.1 Å². The topological polar surface area (TPSA) is 17.1 Å². The molecule has 0 N–H and O–H groups in total. The molecule has 0 saturated heterocycles. The quantitative estimate of drug-likeness (QED) is 0.552. The second-order valence-electron chi connectivity index (χ2n) is 3.68. The largest absolute Gasteiger partial charge is 1.00 e. The minimum Gasteiger partial charge on any atom is -1.00 e. The summed E-state index contributed by atoms with van der Waals surface area (Å²) in [6, 6.07) is 9.34. The maximum Gasteiger partial charge on any atom is 0.345 e. The molecule has 0 aliphatic heterocycles. The SMILES string of the molecule is C[N+](C)(C)C(=O)c1ccccc1.[Br-]. The zero-order valence-corrected chi connectivity index (χ0v) is 9.71. The zero-order chi connectivity index (χ0) is 9.19. The Morgan fingerprint density at radius 1 is 1.08 bits per heavy atom. The van der Waals surface area contributed by atoms with Gasteiger partial charge in [0.15, 0.2) is 0 Å². The number of benzene rings is 1. The fourth-order valence-electron chi connectivity index (χ4n) is 0.968. The van der Waals surface area contributed by atoms with E-state index in [0.717, 1.165) is 5.56 Å². The Morgan fingerprint density at radius 2 is 1.54 bits per heavy atom. The van der Waals surface area contributed by atoms with Gasteiger partial charge in [-0.25, -0.2) is 4.79 Å². The van der Waals surface area contributed by atoms with Gasteiger partial charge < -0.3 is 17.0 Å². The van der Waals surface area contributed by atoms with Crippen molar-refractivity contribution in [2.24, 2.45) is 0 Å². The number of nitrogens with zero attached hydrogens (tertiary/aromatic N) is 1. The number of halogens is 1. The van der Waals surface area contributed by atoms with Gasteiger partial charge in [0.25, 0.3) is 0 Å². The molecular formula is C10H14BrNO. The molecule has 2 nitrogen and oxygen atoms in total. The van der Waals surface area contributed by atoms with E-state index in [4.69, 9.17) is 0 Å². The molecule has 1 aromatic rings. The lowest BCUT2D eigenvalue weighted by atomic mass is 10.2. The Labute approximate surface area is 89.5 Å². The molecule has 1 amide bonds. The van der Waals surface area contributed by atoms with Crippen molar-refractivity contribution < 1.29 is 26.3 Å². The van der Waals surface area contributed by atoms with Crippen LogP contribution < -0.4 is 17.0 Å². The molecule has 0 aliphatic rings. The van der Waals surface area contributed by atoms with Gasteiger partial charge in [-0.2, -0.15) is 0 Å². The van der Waals surface area contributed by atoms with Crippen molar-refractivity contribution in [2.45, 2.75) is 0 Å². The number of rotatable bonds is 1. The van der Waals surface area contributed by atoms with Crippen LogP contribution >= 0.6 is 0 Å². The fraction of sp³-hybridized carbons (Fsp3) is 0.300. The van der Waals surface area contributed by atoms with Crippen molar-refractivity contribution in [1.29, 1.82) is 0 Å². The van der Waals surface area contributed by atoms with Crippen LogP contribution in [0.3, 0.4) is 0 Å². The van der Waals surface area contributed by atoms with Crippen LogP contribution in [0.2, 0.25) is 0 Å². The lowest BCUT2D eigenvalue weighted by Gasteiger charge is -2.20.